The Labute approximate surface area is 126 Å². The van der Waals surface area contributed by atoms with Crippen LogP contribution >= 0.6 is 27.3 Å². The van der Waals surface area contributed by atoms with E-state index in [4.69, 9.17) is 5.11 Å². The van der Waals surface area contributed by atoms with Gasteiger partial charge in [0.05, 0.1) is 10.6 Å². The third-order valence-electron chi connectivity index (χ3n) is 2.54. The summed E-state index contributed by atoms with van der Waals surface area (Å²) in [5.41, 5.74) is 0.431. The fourth-order valence-electron chi connectivity index (χ4n) is 1.65. The first-order valence-electron chi connectivity index (χ1n) is 5.49. The van der Waals surface area contributed by atoms with Gasteiger partial charge in [0, 0.05) is 4.47 Å². The molecular weight excluding hydrogens is 349 g/mol. The van der Waals surface area contributed by atoms with E-state index in [2.05, 4.69) is 21.2 Å². The Kier molecular flexibility index (Phi) is 4.20. The summed E-state index contributed by atoms with van der Waals surface area (Å²) in [6.45, 7) is 1.63. The fourth-order valence-corrected chi connectivity index (χ4v) is 3.07. The number of halogens is 2. The predicted octanol–water partition coefficient (Wildman–Crippen LogP) is 3.91. The molecule has 0 fully saturated rings. The summed E-state index contributed by atoms with van der Waals surface area (Å²) in [4.78, 5) is 23.1. The van der Waals surface area contributed by atoms with Gasteiger partial charge in [-0.2, -0.15) is 0 Å². The average molecular weight is 358 g/mol. The van der Waals surface area contributed by atoms with E-state index in [9.17, 15) is 14.0 Å². The molecule has 0 bridgehead atoms. The molecule has 2 rings (SSSR count). The molecule has 1 aromatic heterocycles. The number of aromatic carboxylic acids is 1. The zero-order chi connectivity index (χ0) is 14.9. The first-order valence-corrected chi connectivity index (χ1v) is 7.10. The first kappa shape index (κ1) is 14.7. The maximum absolute atomic E-state index is 13.6. The average Bonchev–Trinajstić information content (AvgIpc) is 2.70. The van der Waals surface area contributed by atoms with Crippen LogP contribution in [0.1, 0.15) is 25.6 Å². The van der Waals surface area contributed by atoms with Crippen molar-refractivity contribution in [3.8, 4) is 0 Å². The van der Waals surface area contributed by atoms with Crippen LogP contribution in [0.2, 0.25) is 0 Å². The van der Waals surface area contributed by atoms with Crippen molar-refractivity contribution in [1.29, 1.82) is 0 Å². The third-order valence-corrected chi connectivity index (χ3v) is 4.34. The summed E-state index contributed by atoms with van der Waals surface area (Å²) in [7, 11) is 0. The molecule has 2 aromatic rings. The summed E-state index contributed by atoms with van der Waals surface area (Å²) < 4.78 is 14.0. The van der Waals surface area contributed by atoms with E-state index >= 15 is 0 Å². The Morgan fingerprint density at radius 1 is 1.40 bits per heavy atom. The molecule has 1 heterocycles. The van der Waals surface area contributed by atoms with Gasteiger partial charge >= 0.3 is 5.97 Å². The summed E-state index contributed by atoms with van der Waals surface area (Å²) in [5, 5.41) is 11.8. The maximum atomic E-state index is 13.6. The fraction of sp³-hybridized carbons (Fsp3) is 0.0769. The highest BCUT2D eigenvalue weighted by molar-refractivity contribution is 9.10. The second-order valence-corrected chi connectivity index (χ2v) is 5.89. The minimum absolute atomic E-state index is 0.115. The SMILES string of the molecule is Cc1cc(NC(=O)c2c(F)cccc2Br)sc1C(=O)O. The number of anilines is 1. The van der Waals surface area contributed by atoms with Gasteiger partial charge in [-0.1, -0.05) is 6.07 Å². The molecule has 0 aliphatic heterocycles. The summed E-state index contributed by atoms with van der Waals surface area (Å²) in [5.74, 6) is -2.34. The molecule has 0 aliphatic carbocycles. The molecule has 0 atom stereocenters. The van der Waals surface area contributed by atoms with Crippen LogP contribution in [0.5, 0.6) is 0 Å². The van der Waals surface area contributed by atoms with Crippen LogP contribution < -0.4 is 5.32 Å². The summed E-state index contributed by atoms with van der Waals surface area (Å²) in [6.07, 6.45) is 0. The van der Waals surface area contributed by atoms with E-state index in [1.54, 1.807) is 19.1 Å². The number of carboxylic acids is 1. The van der Waals surface area contributed by atoms with Crippen molar-refractivity contribution in [2.75, 3.05) is 5.32 Å². The van der Waals surface area contributed by atoms with Gasteiger partial charge in [0.2, 0.25) is 0 Å². The maximum Gasteiger partial charge on any atom is 0.346 e. The zero-order valence-corrected chi connectivity index (χ0v) is 12.6. The molecule has 0 radical (unpaired) electrons. The number of carboxylic acid groups (broad SMARTS) is 1. The minimum atomic E-state index is -1.06. The van der Waals surface area contributed by atoms with E-state index in [1.807, 2.05) is 0 Å². The largest absolute Gasteiger partial charge is 0.477 e. The number of carbonyl (C=O) groups is 2. The lowest BCUT2D eigenvalue weighted by molar-refractivity contribution is 0.0701. The van der Waals surface area contributed by atoms with Crippen molar-refractivity contribution in [3.05, 3.63) is 50.6 Å². The monoisotopic (exact) mass is 357 g/mol. The third kappa shape index (κ3) is 2.88. The van der Waals surface area contributed by atoms with Crippen LogP contribution in [0.25, 0.3) is 0 Å². The Hall–Kier alpha value is -1.73. The Morgan fingerprint density at radius 3 is 2.65 bits per heavy atom. The number of aryl methyl sites for hydroxylation is 1. The number of carbonyl (C=O) groups excluding carboxylic acids is 1. The smallest absolute Gasteiger partial charge is 0.346 e. The van der Waals surface area contributed by atoms with E-state index in [-0.39, 0.29) is 10.4 Å². The molecule has 1 aromatic carbocycles. The molecule has 4 nitrogen and oxygen atoms in total. The van der Waals surface area contributed by atoms with Crippen LogP contribution in [0.15, 0.2) is 28.7 Å². The van der Waals surface area contributed by atoms with Crippen molar-refractivity contribution >= 4 is 44.1 Å². The highest BCUT2D eigenvalue weighted by Crippen LogP contribution is 2.28. The van der Waals surface area contributed by atoms with Gasteiger partial charge in [-0.15, -0.1) is 11.3 Å². The highest BCUT2D eigenvalue weighted by Gasteiger charge is 2.18. The summed E-state index contributed by atoms with van der Waals surface area (Å²) in [6, 6.07) is 5.76. The second-order valence-electron chi connectivity index (χ2n) is 3.98. The second kappa shape index (κ2) is 5.72. The van der Waals surface area contributed by atoms with E-state index < -0.39 is 17.7 Å². The standard InChI is InChI=1S/C13H9BrFNO3S/c1-6-5-9(20-11(6)13(18)19)16-12(17)10-7(14)3-2-4-8(10)15/h2-5H,1H3,(H,16,17)(H,18,19). The molecule has 104 valence electrons. The number of rotatable bonds is 3. The van der Waals surface area contributed by atoms with Gasteiger partial charge in [-0.3, -0.25) is 4.79 Å². The van der Waals surface area contributed by atoms with Crippen molar-refractivity contribution in [1.82, 2.24) is 0 Å². The number of hydrogen-bond acceptors (Lipinski definition) is 3. The molecule has 0 unspecified atom stereocenters. The van der Waals surface area contributed by atoms with Crippen molar-refractivity contribution in [2.24, 2.45) is 0 Å². The van der Waals surface area contributed by atoms with Crippen LogP contribution in [0, 0.1) is 12.7 Å². The molecule has 0 saturated carbocycles. The quantitative estimate of drug-likeness (QED) is 0.874. The summed E-state index contributed by atoms with van der Waals surface area (Å²) >= 11 is 4.05. The lowest BCUT2D eigenvalue weighted by Crippen LogP contribution is -2.13. The number of benzene rings is 1. The molecule has 20 heavy (non-hydrogen) atoms. The first-order chi connectivity index (χ1) is 9.40. The van der Waals surface area contributed by atoms with Gasteiger partial charge in [0.1, 0.15) is 10.7 Å². The number of amides is 1. The lowest BCUT2D eigenvalue weighted by atomic mass is 10.2. The molecular formula is C13H9BrFNO3S. The van der Waals surface area contributed by atoms with Crippen LogP contribution in [0.4, 0.5) is 9.39 Å². The van der Waals surface area contributed by atoms with Gasteiger partial charge in [0.15, 0.2) is 0 Å². The topological polar surface area (TPSA) is 66.4 Å². The molecule has 0 spiro atoms. The molecule has 7 heteroatoms. The van der Waals surface area contributed by atoms with Crippen molar-refractivity contribution < 1.29 is 19.1 Å². The molecule has 0 aliphatic rings. The van der Waals surface area contributed by atoms with Gasteiger partial charge in [0.25, 0.3) is 5.91 Å². The van der Waals surface area contributed by atoms with Gasteiger partial charge in [-0.25, -0.2) is 9.18 Å². The van der Waals surface area contributed by atoms with E-state index in [1.165, 1.54) is 12.1 Å². The molecule has 2 N–H and O–H groups in total. The minimum Gasteiger partial charge on any atom is -0.477 e. The van der Waals surface area contributed by atoms with Crippen LogP contribution in [0.3, 0.4) is 0 Å². The van der Waals surface area contributed by atoms with Gasteiger partial charge < -0.3 is 10.4 Å². The Morgan fingerprint density at radius 2 is 2.10 bits per heavy atom. The predicted molar refractivity (Wildman–Crippen MR) is 78.1 cm³/mol. The van der Waals surface area contributed by atoms with E-state index in [0.29, 0.717) is 15.0 Å². The Bertz CT molecular complexity index is 679. The number of thiophene rings is 1. The molecule has 0 saturated heterocycles. The zero-order valence-electron chi connectivity index (χ0n) is 10.2. The number of hydrogen-bond donors (Lipinski definition) is 2. The Balaban J connectivity index is 2.28. The normalized spacial score (nSPS) is 10.3. The van der Waals surface area contributed by atoms with Crippen molar-refractivity contribution in [2.45, 2.75) is 6.92 Å². The van der Waals surface area contributed by atoms with Gasteiger partial charge in [-0.05, 0) is 46.6 Å². The molecule has 1 amide bonds. The van der Waals surface area contributed by atoms with Crippen LogP contribution in [-0.2, 0) is 0 Å². The highest BCUT2D eigenvalue weighted by atomic mass is 79.9. The lowest BCUT2D eigenvalue weighted by Gasteiger charge is -2.05. The van der Waals surface area contributed by atoms with Crippen molar-refractivity contribution in [3.63, 3.8) is 0 Å². The van der Waals surface area contributed by atoms with E-state index in [0.717, 1.165) is 11.3 Å². The number of nitrogens with one attached hydrogen (secondary N) is 1. The van der Waals surface area contributed by atoms with Crippen LogP contribution in [-0.4, -0.2) is 17.0 Å².